The third-order valence-electron chi connectivity index (χ3n) is 4.96. The van der Waals surface area contributed by atoms with E-state index >= 15 is 0 Å². The van der Waals surface area contributed by atoms with Gasteiger partial charge in [0.25, 0.3) is 0 Å². The first-order chi connectivity index (χ1) is 12.1. The Morgan fingerprint density at radius 2 is 1.76 bits per heavy atom. The molecule has 0 aliphatic heterocycles. The van der Waals surface area contributed by atoms with E-state index in [0.29, 0.717) is 12.5 Å². The quantitative estimate of drug-likeness (QED) is 0.787. The third kappa shape index (κ3) is 5.09. The van der Waals surface area contributed by atoms with E-state index in [1.54, 1.807) is 0 Å². The number of hydrogen-bond donors (Lipinski definition) is 1. The van der Waals surface area contributed by atoms with Gasteiger partial charge in [0, 0.05) is 12.1 Å². The summed E-state index contributed by atoms with van der Waals surface area (Å²) in [5.41, 5.74) is 4.59. The molecule has 0 atom stereocenters. The van der Waals surface area contributed by atoms with Gasteiger partial charge in [-0.25, -0.2) is 0 Å². The van der Waals surface area contributed by atoms with E-state index in [-0.39, 0.29) is 5.91 Å². The van der Waals surface area contributed by atoms with Crippen LogP contribution in [0.25, 0.3) is 0 Å². The molecule has 0 spiro atoms. The monoisotopic (exact) mass is 337 g/mol. The lowest BCUT2D eigenvalue weighted by molar-refractivity contribution is -0.116. The summed E-state index contributed by atoms with van der Waals surface area (Å²) in [6, 6.07) is 14.1. The molecule has 1 aliphatic carbocycles. The average molecular weight is 337 g/mol. The molecule has 1 N–H and O–H groups in total. The van der Waals surface area contributed by atoms with E-state index in [0.717, 1.165) is 30.7 Å². The van der Waals surface area contributed by atoms with Gasteiger partial charge in [-0.2, -0.15) is 0 Å². The normalized spacial score (nSPS) is 14.5. The van der Waals surface area contributed by atoms with Crippen LogP contribution in [0.4, 0.5) is 5.69 Å². The van der Waals surface area contributed by atoms with Gasteiger partial charge in [-0.15, -0.1) is 0 Å². The Bertz CT molecular complexity index is 715. The maximum Gasteiger partial charge on any atom is 0.224 e. The van der Waals surface area contributed by atoms with Crippen LogP contribution in [0, 0.1) is 13.8 Å². The Kier molecular flexibility index (Phi) is 5.75. The summed E-state index contributed by atoms with van der Waals surface area (Å²) in [6.45, 7) is 4.21. The van der Waals surface area contributed by atoms with Gasteiger partial charge in [0.1, 0.15) is 5.75 Å². The largest absolute Gasteiger partial charge is 0.490 e. The molecule has 0 heterocycles. The highest BCUT2D eigenvalue weighted by Crippen LogP contribution is 2.25. The summed E-state index contributed by atoms with van der Waals surface area (Å²) in [5, 5.41) is 2.96. The first-order valence-corrected chi connectivity index (χ1v) is 9.23. The summed E-state index contributed by atoms with van der Waals surface area (Å²) >= 11 is 0. The summed E-state index contributed by atoms with van der Waals surface area (Å²) in [6.07, 6.45) is 6.43. The number of rotatable bonds is 6. The Morgan fingerprint density at radius 3 is 2.44 bits per heavy atom. The molecule has 0 saturated heterocycles. The zero-order chi connectivity index (χ0) is 17.6. The molecular weight excluding hydrogens is 310 g/mol. The second-order valence-corrected chi connectivity index (χ2v) is 7.02. The minimum absolute atomic E-state index is 0.0442. The standard InChI is InChI=1S/C22H27NO2/c1-16-7-8-18(15-17(16)2)9-14-22(24)23-19-10-12-21(13-11-19)25-20-5-3-4-6-20/h7-8,10-13,15,20H,3-6,9,14H2,1-2H3,(H,23,24). The predicted octanol–water partition coefficient (Wildman–Crippen LogP) is 5.20. The molecule has 3 nitrogen and oxygen atoms in total. The number of carbonyl (C=O) groups excluding carboxylic acids is 1. The van der Waals surface area contributed by atoms with E-state index in [1.165, 1.54) is 29.5 Å². The second-order valence-electron chi connectivity index (χ2n) is 7.02. The topological polar surface area (TPSA) is 38.3 Å². The lowest BCUT2D eigenvalue weighted by Gasteiger charge is -2.13. The van der Waals surface area contributed by atoms with Gasteiger partial charge in [-0.3, -0.25) is 4.79 Å². The Morgan fingerprint density at radius 1 is 1.04 bits per heavy atom. The first kappa shape index (κ1) is 17.5. The molecule has 0 unspecified atom stereocenters. The molecule has 3 heteroatoms. The molecule has 3 rings (SSSR count). The van der Waals surface area contributed by atoms with Crippen LogP contribution in [-0.2, 0) is 11.2 Å². The maximum absolute atomic E-state index is 12.2. The summed E-state index contributed by atoms with van der Waals surface area (Å²) in [5.74, 6) is 0.933. The molecule has 2 aromatic rings. The van der Waals surface area contributed by atoms with E-state index < -0.39 is 0 Å². The zero-order valence-electron chi connectivity index (χ0n) is 15.2. The molecular formula is C22H27NO2. The van der Waals surface area contributed by atoms with Crippen molar-refractivity contribution >= 4 is 11.6 Å². The minimum Gasteiger partial charge on any atom is -0.490 e. The van der Waals surface area contributed by atoms with Crippen LogP contribution in [0.3, 0.4) is 0 Å². The third-order valence-corrected chi connectivity index (χ3v) is 4.96. The van der Waals surface area contributed by atoms with Crippen molar-refractivity contribution in [3.63, 3.8) is 0 Å². The molecule has 1 saturated carbocycles. The minimum atomic E-state index is 0.0442. The number of hydrogen-bond acceptors (Lipinski definition) is 2. The molecule has 0 bridgehead atoms. The number of amides is 1. The maximum atomic E-state index is 12.2. The fourth-order valence-electron chi connectivity index (χ4n) is 3.26. The molecule has 0 aromatic heterocycles. The van der Waals surface area contributed by atoms with Gasteiger partial charge < -0.3 is 10.1 Å². The van der Waals surface area contributed by atoms with Crippen LogP contribution in [0.1, 0.15) is 48.8 Å². The van der Waals surface area contributed by atoms with Crippen molar-refractivity contribution < 1.29 is 9.53 Å². The van der Waals surface area contributed by atoms with E-state index in [2.05, 4.69) is 37.4 Å². The van der Waals surface area contributed by atoms with Crippen LogP contribution in [0.5, 0.6) is 5.75 Å². The van der Waals surface area contributed by atoms with Crippen LogP contribution in [0.15, 0.2) is 42.5 Å². The smallest absolute Gasteiger partial charge is 0.224 e. The lowest BCUT2D eigenvalue weighted by atomic mass is 10.0. The van der Waals surface area contributed by atoms with Crippen LogP contribution < -0.4 is 10.1 Å². The van der Waals surface area contributed by atoms with Crippen LogP contribution in [-0.4, -0.2) is 12.0 Å². The fourth-order valence-corrected chi connectivity index (χ4v) is 3.26. The van der Waals surface area contributed by atoms with Gasteiger partial charge >= 0.3 is 0 Å². The van der Waals surface area contributed by atoms with Crippen molar-refractivity contribution in [3.8, 4) is 5.75 Å². The highest BCUT2D eigenvalue weighted by molar-refractivity contribution is 5.90. The molecule has 132 valence electrons. The molecule has 0 radical (unpaired) electrons. The van der Waals surface area contributed by atoms with Gasteiger partial charge in [0.05, 0.1) is 6.10 Å². The van der Waals surface area contributed by atoms with Crippen molar-refractivity contribution in [3.05, 3.63) is 59.2 Å². The number of ether oxygens (including phenoxy) is 1. The van der Waals surface area contributed by atoms with E-state index in [4.69, 9.17) is 4.74 Å². The van der Waals surface area contributed by atoms with Crippen molar-refractivity contribution in [2.45, 2.75) is 58.5 Å². The molecule has 2 aromatic carbocycles. The highest BCUT2D eigenvalue weighted by atomic mass is 16.5. The van der Waals surface area contributed by atoms with Crippen LogP contribution in [0.2, 0.25) is 0 Å². The van der Waals surface area contributed by atoms with Crippen molar-refractivity contribution in [1.82, 2.24) is 0 Å². The molecule has 1 amide bonds. The first-order valence-electron chi connectivity index (χ1n) is 9.23. The van der Waals surface area contributed by atoms with E-state index in [9.17, 15) is 4.79 Å². The summed E-state index contributed by atoms with van der Waals surface area (Å²) in [7, 11) is 0. The predicted molar refractivity (Wildman–Crippen MR) is 102 cm³/mol. The number of aryl methyl sites for hydroxylation is 3. The van der Waals surface area contributed by atoms with Gasteiger partial charge in [0.15, 0.2) is 0 Å². The lowest BCUT2D eigenvalue weighted by Crippen LogP contribution is -2.13. The number of nitrogens with one attached hydrogen (secondary N) is 1. The Hall–Kier alpha value is -2.29. The Labute approximate surface area is 150 Å². The van der Waals surface area contributed by atoms with Crippen molar-refractivity contribution in [2.75, 3.05) is 5.32 Å². The molecule has 1 fully saturated rings. The zero-order valence-corrected chi connectivity index (χ0v) is 15.2. The van der Waals surface area contributed by atoms with Crippen molar-refractivity contribution in [1.29, 1.82) is 0 Å². The SMILES string of the molecule is Cc1ccc(CCC(=O)Nc2ccc(OC3CCCC3)cc2)cc1C. The molecule has 25 heavy (non-hydrogen) atoms. The number of anilines is 1. The number of carbonyl (C=O) groups is 1. The van der Waals surface area contributed by atoms with E-state index in [1.807, 2.05) is 24.3 Å². The highest BCUT2D eigenvalue weighted by Gasteiger charge is 2.16. The van der Waals surface area contributed by atoms with Crippen LogP contribution >= 0.6 is 0 Å². The van der Waals surface area contributed by atoms with Gasteiger partial charge in [0.2, 0.25) is 5.91 Å². The summed E-state index contributed by atoms with van der Waals surface area (Å²) < 4.78 is 5.95. The summed E-state index contributed by atoms with van der Waals surface area (Å²) in [4.78, 5) is 12.2. The molecule has 1 aliphatic rings. The second kappa shape index (κ2) is 8.19. The fraction of sp³-hybridized carbons (Fsp3) is 0.409. The Balaban J connectivity index is 1.47. The average Bonchev–Trinajstić information content (AvgIpc) is 3.11. The van der Waals surface area contributed by atoms with Gasteiger partial charge in [-0.1, -0.05) is 18.2 Å². The van der Waals surface area contributed by atoms with Crippen molar-refractivity contribution in [2.24, 2.45) is 0 Å². The van der Waals surface area contributed by atoms with Gasteiger partial charge in [-0.05, 0) is 86.9 Å². The number of benzene rings is 2.